The molecule has 68 heavy (non-hydrogen) atoms. The van der Waals surface area contributed by atoms with Gasteiger partial charge in [-0.3, -0.25) is 24.4 Å². The minimum atomic E-state index is -1.04. The summed E-state index contributed by atoms with van der Waals surface area (Å²) in [7, 11) is 7.21. The number of nitrogens with zero attached hydrogens (tertiary/aromatic N) is 7. The fourth-order valence-corrected chi connectivity index (χ4v) is 11.8. The molecule has 4 aliphatic rings. The van der Waals surface area contributed by atoms with Crippen LogP contribution in [0.2, 0.25) is 0 Å². The summed E-state index contributed by atoms with van der Waals surface area (Å²) in [5.41, 5.74) is 9.53. The van der Waals surface area contributed by atoms with Gasteiger partial charge in [-0.25, -0.2) is 15.2 Å². The molecule has 2 saturated heterocycles. The van der Waals surface area contributed by atoms with Crippen molar-refractivity contribution < 1.29 is 33.4 Å². The van der Waals surface area contributed by atoms with Crippen molar-refractivity contribution in [3.05, 3.63) is 58.2 Å². The highest BCUT2D eigenvalue weighted by Crippen LogP contribution is 2.50. The van der Waals surface area contributed by atoms with Gasteiger partial charge in [0.1, 0.15) is 18.1 Å². The average Bonchev–Trinajstić information content (AvgIpc) is 3.89. The molecule has 1 aliphatic carbocycles. The number of likely N-dealkylation sites (tertiary alicyclic amines) is 1. The van der Waals surface area contributed by atoms with Crippen molar-refractivity contribution in [3.63, 3.8) is 0 Å². The predicted molar refractivity (Wildman–Crippen MR) is 263 cm³/mol. The number of methoxy groups -OCH3 is 2. The van der Waals surface area contributed by atoms with Gasteiger partial charge in [0.15, 0.2) is 0 Å². The Kier molecular flexibility index (Phi) is 14.7. The SMILES string of the molecule is CCn1c(-c2cccnc2[C@H](C)OC)c2c3cc(ccc31)-c1csc(n1)C[C@H](NC(=O)C(C(C)C)N(C)C(=O)N1CC3(CC(N(C)CCOC)C3)C1)C(=O)N1CCC[C@H](N1)C(=O)OCC(C)(C)C2. The second kappa shape index (κ2) is 20.2. The van der Waals surface area contributed by atoms with E-state index in [2.05, 4.69) is 72.3 Å². The number of carbonyl (C=O) groups excluding carboxylic acids is 4. The largest absolute Gasteiger partial charge is 0.464 e. The number of nitrogens with one attached hydrogen (secondary N) is 2. The van der Waals surface area contributed by atoms with E-state index >= 15 is 0 Å². The highest BCUT2D eigenvalue weighted by molar-refractivity contribution is 7.10. The number of rotatable bonds is 12. The Labute approximate surface area is 405 Å². The molecule has 3 aromatic heterocycles. The summed E-state index contributed by atoms with van der Waals surface area (Å²) in [4.78, 5) is 72.8. The van der Waals surface area contributed by atoms with Crippen LogP contribution >= 0.6 is 11.3 Å². The summed E-state index contributed by atoms with van der Waals surface area (Å²) in [5, 5.41) is 8.26. The highest BCUT2D eigenvalue weighted by atomic mass is 32.1. The summed E-state index contributed by atoms with van der Waals surface area (Å²) in [6.07, 6.45) is 5.36. The molecule has 3 aliphatic heterocycles. The van der Waals surface area contributed by atoms with Crippen molar-refractivity contribution in [2.75, 3.05) is 67.7 Å². The van der Waals surface area contributed by atoms with Crippen LogP contribution in [0.5, 0.6) is 0 Å². The number of fused-ring (bicyclic) bond motifs is 6. The van der Waals surface area contributed by atoms with Crippen LogP contribution in [0.25, 0.3) is 33.4 Å². The number of ether oxygens (including phenoxy) is 3. The topological polar surface area (TPSA) is 164 Å². The number of thiazole rings is 1. The Morgan fingerprint density at radius 3 is 2.57 bits per heavy atom. The molecule has 8 rings (SSSR count). The molecule has 1 saturated carbocycles. The molecule has 17 heteroatoms. The summed E-state index contributed by atoms with van der Waals surface area (Å²) in [6.45, 7) is 16.3. The lowest BCUT2D eigenvalue weighted by molar-refractivity contribution is -0.155. The molecule has 2 N–H and O–H groups in total. The number of cyclic esters (lactones) is 1. The third kappa shape index (κ3) is 9.91. The second-order valence-corrected chi connectivity index (χ2v) is 21.7. The van der Waals surface area contributed by atoms with Crippen LogP contribution in [0.1, 0.15) is 89.6 Å². The number of hydrazine groups is 1. The number of benzene rings is 1. The van der Waals surface area contributed by atoms with Gasteiger partial charge in [-0.2, -0.15) is 0 Å². The van der Waals surface area contributed by atoms with Crippen LogP contribution in [0.15, 0.2) is 41.9 Å². The Bertz CT molecular complexity index is 2490. The van der Waals surface area contributed by atoms with E-state index in [4.69, 9.17) is 24.2 Å². The zero-order chi connectivity index (χ0) is 48.7. The highest BCUT2D eigenvalue weighted by Gasteiger charge is 2.55. The Balaban J connectivity index is 1.10. The smallest absolute Gasteiger partial charge is 0.324 e. The van der Waals surface area contributed by atoms with E-state index in [0.29, 0.717) is 63.1 Å². The van der Waals surface area contributed by atoms with Crippen LogP contribution in [-0.4, -0.2) is 150 Å². The van der Waals surface area contributed by atoms with Gasteiger partial charge in [0.05, 0.1) is 41.4 Å². The molecule has 1 spiro atoms. The number of amides is 4. The maximum atomic E-state index is 14.7. The van der Waals surface area contributed by atoms with Gasteiger partial charge in [-0.05, 0) is 88.7 Å². The molecule has 0 radical (unpaired) electrons. The first kappa shape index (κ1) is 49.5. The van der Waals surface area contributed by atoms with E-state index in [1.807, 2.05) is 37.1 Å². The molecule has 3 fully saturated rings. The number of carbonyl (C=O) groups is 4. The van der Waals surface area contributed by atoms with Crippen molar-refractivity contribution >= 4 is 46.1 Å². The molecule has 6 heterocycles. The molecular formula is C51H71N9O7S. The summed E-state index contributed by atoms with van der Waals surface area (Å²) < 4.78 is 19.5. The minimum absolute atomic E-state index is 0.110. The van der Waals surface area contributed by atoms with Crippen LogP contribution < -0.4 is 10.7 Å². The van der Waals surface area contributed by atoms with Crippen molar-refractivity contribution in [2.24, 2.45) is 16.7 Å². The van der Waals surface area contributed by atoms with Gasteiger partial charge in [0, 0.05) is 111 Å². The normalized spacial score (nSPS) is 21.6. The molecule has 368 valence electrons. The van der Waals surface area contributed by atoms with Crippen molar-refractivity contribution in [1.29, 1.82) is 0 Å². The number of pyridine rings is 1. The average molecular weight is 954 g/mol. The van der Waals surface area contributed by atoms with Crippen LogP contribution in [0.4, 0.5) is 4.79 Å². The van der Waals surface area contributed by atoms with Gasteiger partial charge in [-0.15, -0.1) is 11.3 Å². The van der Waals surface area contributed by atoms with Crippen LogP contribution in [-0.2, 0) is 48.0 Å². The molecule has 6 bridgehead atoms. The van der Waals surface area contributed by atoms with Gasteiger partial charge >= 0.3 is 12.0 Å². The zero-order valence-electron chi connectivity index (χ0n) is 41.6. The van der Waals surface area contributed by atoms with Gasteiger partial charge in [0.25, 0.3) is 5.91 Å². The first-order valence-electron chi connectivity index (χ1n) is 24.3. The van der Waals surface area contributed by atoms with Gasteiger partial charge in [-0.1, -0.05) is 33.8 Å². The number of esters is 1. The third-order valence-corrected chi connectivity index (χ3v) is 15.6. The number of hydrogen-bond donors (Lipinski definition) is 2. The van der Waals surface area contributed by atoms with Gasteiger partial charge < -0.3 is 38.8 Å². The first-order chi connectivity index (χ1) is 32.5. The Morgan fingerprint density at radius 2 is 1.87 bits per heavy atom. The molecular weight excluding hydrogens is 883 g/mol. The van der Waals surface area contributed by atoms with E-state index in [1.54, 1.807) is 27.5 Å². The van der Waals surface area contributed by atoms with Crippen molar-refractivity contribution in [3.8, 4) is 22.5 Å². The lowest BCUT2D eigenvalue weighted by Gasteiger charge is -2.61. The molecule has 4 amide bonds. The Morgan fingerprint density at radius 1 is 1.10 bits per heavy atom. The third-order valence-electron chi connectivity index (χ3n) is 14.7. The molecule has 1 unspecified atom stereocenters. The molecule has 1 aromatic carbocycles. The standard InChI is InChI=1S/C51H71N9O7S/c1-11-59-41-17-16-33-22-36(41)37(45(59)35-14-12-18-52-43(35)32(4)66-10)26-50(5,6)30-67-48(63)38-15-13-19-60(55-38)47(62)39(23-42-53-40(33)27-68-42)54-46(61)44(31(2)3)57(8)49(64)58-28-51(29-58)24-34(25-51)56(7)20-21-65-9/h12,14,16-18,22,27,31-32,34,38-39,44,55H,11,13,15,19-21,23-26,28-30H2,1-10H3,(H,54,61)/t32-,38-,39-,44?/m0/s1. The maximum Gasteiger partial charge on any atom is 0.324 e. The fraction of sp³-hybridized carbons (Fsp3) is 0.608. The van der Waals surface area contributed by atoms with Crippen LogP contribution in [0.3, 0.4) is 0 Å². The lowest BCUT2D eigenvalue weighted by Crippen LogP contribution is -2.69. The van der Waals surface area contributed by atoms with E-state index in [9.17, 15) is 19.2 Å². The number of aryl methyl sites for hydroxylation is 1. The molecule has 4 aromatic rings. The summed E-state index contributed by atoms with van der Waals surface area (Å²) in [6, 6.07) is 8.11. The van der Waals surface area contributed by atoms with Crippen molar-refractivity contribution in [1.82, 2.24) is 45.0 Å². The fourth-order valence-electron chi connectivity index (χ4n) is 10.9. The number of hydrogen-bond acceptors (Lipinski definition) is 12. The maximum absolute atomic E-state index is 14.7. The second-order valence-electron chi connectivity index (χ2n) is 20.7. The monoisotopic (exact) mass is 954 g/mol. The summed E-state index contributed by atoms with van der Waals surface area (Å²) in [5.74, 6) is -1.50. The number of likely N-dealkylation sites (N-methyl/N-ethyl adjacent to an activating group) is 2. The van der Waals surface area contributed by atoms with Crippen molar-refractivity contribution in [2.45, 2.75) is 117 Å². The van der Waals surface area contributed by atoms with Gasteiger partial charge in [0.2, 0.25) is 5.91 Å². The number of urea groups is 1. The van der Waals surface area contributed by atoms with E-state index in [-0.39, 0.29) is 42.4 Å². The Hall–Kier alpha value is -4.94. The van der Waals surface area contributed by atoms with Crippen LogP contribution in [0, 0.1) is 16.7 Å². The van der Waals surface area contributed by atoms with E-state index in [0.717, 1.165) is 64.1 Å². The lowest BCUT2D eigenvalue weighted by atomic mass is 9.60. The minimum Gasteiger partial charge on any atom is -0.464 e. The van der Waals surface area contributed by atoms with E-state index in [1.165, 1.54) is 21.2 Å². The predicted octanol–water partition coefficient (Wildman–Crippen LogP) is 6.32. The zero-order valence-corrected chi connectivity index (χ0v) is 42.4. The van der Waals surface area contributed by atoms with E-state index < -0.39 is 35.4 Å². The number of aromatic nitrogens is 3. The summed E-state index contributed by atoms with van der Waals surface area (Å²) >= 11 is 1.43. The molecule has 16 nitrogen and oxygen atoms in total. The quantitative estimate of drug-likeness (QED) is 0.153. The molecule has 4 atom stereocenters. The first-order valence-corrected chi connectivity index (χ1v) is 25.2.